The summed E-state index contributed by atoms with van der Waals surface area (Å²) in [4.78, 5) is 29.9. The molecule has 0 bridgehead atoms. The Morgan fingerprint density at radius 2 is 0.714 bits per heavy atom. The average Bonchev–Trinajstić information content (AvgIpc) is 3.19. The third-order valence-electron chi connectivity index (χ3n) is 11.1. The topological polar surface area (TPSA) is 83.1 Å². The number of nitrogens with zero attached hydrogens (tertiary/aromatic N) is 2. The summed E-state index contributed by atoms with van der Waals surface area (Å²) in [6.45, 7) is 16.3. The fourth-order valence-corrected chi connectivity index (χ4v) is 7.40. The predicted octanol–water partition coefficient (Wildman–Crippen LogP) is 14.4. The lowest BCUT2D eigenvalue weighted by Gasteiger charge is -2.20. The van der Waals surface area contributed by atoms with E-state index >= 15 is 0 Å². The van der Waals surface area contributed by atoms with Crippen LogP contribution in [-0.4, -0.2) is 74.5 Å². The molecule has 0 aliphatic rings. The van der Waals surface area contributed by atoms with E-state index in [4.69, 9.17) is 9.47 Å². The van der Waals surface area contributed by atoms with Crippen LogP contribution in [0.4, 0.5) is 21.0 Å². The van der Waals surface area contributed by atoms with Crippen LogP contribution in [0, 0.1) is 0 Å². The monoisotopic (exact) mass is 787 g/mol. The molecule has 1 aromatic carbocycles. The number of carbonyl (C=O) groups excluding carboxylic acids is 2. The van der Waals surface area contributed by atoms with Gasteiger partial charge in [0, 0.05) is 11.4 Å². The second-order valence-corrected chi connectivity index (χ2v) is 16.2. The maximum Gasteiger partial charge on any atom is 0.411 e. The Morgan fingerprint density at radius 1 is 0.429 bits per heavy atom. The van der Waals surface area contributed by atoms with Crippen LogP contribution in [0.15, 0.2) is 24.3 Å². The van der Waals surface area contributed by atoms with Crippen LogP contribution >= 0.6 is 0 Å². The highest BCUT2D eigenvalue weighted by Crippen LogP contribution is 2.17. The van der Waals surface area contributed by atoms with Gasteiger partial charge in [-0.3, -0.25) is 10.6 Å². The van der Waals surface area contributed by atoms with Crippen molar-refractivity contribution in [3.05, 3.63) is 24.3 Å². The Bertz CT molecular complexity index is 949. The van der Waals surface area contributed by atoms with Gasteiger partial charge in [-0.15, -0.1) is 0 Å². The van der Waals surface area contributed by atoms with E-state index in [1.54, 1.807) is 24.3 Å². The molecule has 0 heterocycles. The Morgan fingerprint density at radius 3 is 1.02 bits per heavy atom. The zero-order valence-corrected chi connectivity index (χ0v) is 37.3. The number of hydrogen-bond acceptors (Lipinski definition) is 6. The first-order valence-corrected chi connectivity index (χ1v) is 23.9. The van der Waals surface area contributed by atoms with E-state index in [9.17, 15) is 9.59 Å². The molecule has 8 nitrogen and oxygen atoms in total. The number of amides is 2. The SMILES string of the molecule is CCCCCCCCCCCCCCN(CC)CCCCOC(=O)Nc1cccc(NC(=O)OCCCCN(CC)CCCCCCCCCCCCCC)c1. The van der Waals surface area contributed by atoms with Crippen molar-refractivity contribution in [1.82, 2.24) is 9.80 Å². The normalized spacial score (nSPS) is 11.4. The highest BCUT2D eigenvalue weighted by molar-refractivity contribution is 5.88. The number of ether oxygens (including phenoxy) is 2. The zero-order chi connectivity index (χ0) is 40.6. The van der Waals surface area contributed by atoms with Crippen LogP contribution < -0.4 is 10.6 Å². The van der Waals surface area contributed by atoms with Crippen LogP contribution in [0.3, 0.4) is 0 Å². The van der Waals surface area contributed by atoms with Crippen LogP contribution in [0.2, 0.25) is 0 Å². The Labute approximate surface area is 346 Å². The van der Waals surface area contributed by atoms with Gasteiger partial charge >= 0.3 is 12.2 Å². The first-order chi connectivity index (χ1) is 27.5. The summed E-state index contributed by atoms with van der Waals surface area (Å²) in [5.41, 5.74) is 1.14. The van der Waals surface area contributed by atoms with E-state index in [0.717, 1.165) is 65.0 Å². The molecule has 56 heavy (non-hydrogen) atoms. The number of carbonyl (C=O) groups is 2. The third-order valence-corrected chi connectivity index (χ3v) is 11.1. The van der Waals surface area contributed by atoms with Crippen LogP contribution in [0.5, 0.6) is 0 Å². The molecular weight excluding hydrogens is 697 g/mol. The molecule has 0 atom stereocenters. The highest BCUT2D eigenvalue weighted by Gasteiger charge is 2.09. The molecule has 1 aromatic rings. The minimum absolute atomic E-state index is 0.391. The average molecular weight is 787 g/mol. The predicted molar refractivity (Wildman–Crippen MR) is 241 cm³/mol. The summed E-state index contributed by atoms with van der Waals surface area (Å²) in [6.07, 6.45) is 35.8. The minimum Gasteiger partial charge on any atom is -0.449 e. The van der Waals surface area contributed by atoms with E-state index in [2.05, 4.69) is 48.1 Å². The van der Waals surface area contributed by atoms with Crippen molar-refractivity contribution in [2.75, 3.05) is 63.1 Å². The molecule has 0 saturated carbocycles. The maximum atomic E-state index is 12.4. The largest absolute Gasteiger partial charge is 0.449 e. The zero-order valence-electron chi connectivity index (χ0n) is 37.3. The van der Waals surface area contributed by atoms with Crippen molar-refractivity contribution in [2.24, 2.45) is 0 Å². The molecule has 1 rings (SSSR count). The lowest BCUT2D eigenvalue weighted by atomic mass is 10.1. The smallest absolute Gasteiger partial charge is 0.411 e. The summed E-state index contributed by atoms with van der Waals surface area (Å²) < 4.78 is 10.9. The van der Waals surface area contributed by atoms with Gasteiger partial charge in [0.15, 0.2) is 0 Å². The Balaban J connectivity index is 2.07. The molecule has 2 N–H and O–H groups in total. The minimum atomic E-state index is -0.478. The van der Waals surface area contributed by atoms with Gasteiger partial charge in [0.05, 0.1) is 13.2 Å². The van der Waals surface area contributed by atoms with Gasteiger partial charge in [-0.1, -0.05) is 175 Å². The third kappa shape index (κ3) is 32.7. The molecule has 326 valence electrons. The maximum absolute atomic E-state index is 12.4. The van der Waals surface area contributed by atoms with Crippen molar-refractivity contribution in [3.8, 4) is 0 Å². The van der Waals surface area contributed by atoms with Crippen LogP contribution in [-0.2, 0) is 9.47 Å². The standard InChI is InChI=1S/C48H90N4O4/c1-5-9-11-13-15-17-19-21-23-25-27-29-38-51(7-3)40-31-33-42-55-47(53)49-45-36-35-37-46(44-45)50-48(54)56-43-34-32-41-52(8-4)39-30-28-26-24-22-20-18-16-14-12-10-6-2/h35-37,44H,5-34,38-43H2,1-4H3,(H,49,53)(H,50,54). The molecule has 0 aromatic heterocycles. The molecule has 0 unspecified atom stereocenters. The van der Waals surface area contributed by atoms with Gasteiger partial charge in [-0.25, -0.2) is 9.59 Å². The second-order valence-electron chi connectivity index (χ2n) is 16.2. The summed E-state index contributed by atoms with van der Waals surface area (Å²) in [7, 11) is 0. The first-order valence-electron chi connectivity index (χ1n) is 23.9. The van der Waals surface area contributed by atoms with Crippen molar-refractivity contribution in [3.63, 3.8) is 0 Å². The molecule has 8 heteroatoms. The van der Waals surface area contributed by atoms with Crippen molar-refractivity contribution in [1.29, 1.82) is 0 Å². The molecule has 0 aliphatic heterocycles. The molecule has 0 aliphatic carbocycles. The number of rotatable bonds is 40. The summed E-state index contributed by atoms with van der Waals surface area (Å²) in [5, 5.41) is 5.56. The molecule has 2 amide bonds. The second kappa shape index (κ2) is 39.5. The van der Waals surface area contributed by atoms with Gasteiger partial charge < -0.3 is 19.3 Å². The van der Waals surface area contributed by atoms with E-state index in [1.165, 1.54) is 154 Å². The Hall–Kier alpha value is -2.32. The Kier molecular flexibility index (Phi) is 36.5. The lowest BCUT2D eigenvalue weighted by Crippen LogP contribution is -2.26. The number of anilines is 2. The lowest BCUT2D eigenvalue weighted by molar-refractivity contribution is 0.156. The molecule has 0 spiro atoms. The summed E-state index contributed by atoms with van der Waals surface area (Å²) in [5.74, 6) is 0. The number of nitrogens with one attached hydrogen (secondary N) is 2. The van der Waals surface area contributed by atoms with Gasteiger partial charge in [0.1, 0.15) is 0 Å². The quantitative estimate of drug-likeness (QED) is 0.0645. The summed E-state index contributed by atoms with van der Waals surface area (Å²) >= 11 is 0. The van der Waals surface area contributed by atoms with E-state index in [1.807, 2.05) is 0 Å². The highest BCUT2D eigenvalue weighted by atomic mass is 16.6. The van der Waals surface area contributed by atoms with Crippen molar-refractivity contribution in [2.45, 2.75) is 207 Å². The summed E-state index contributed by atoms with van der Waals surface area (Å²) in [6, 6.07) is 7.06. The van der Waals surface area contributed by atoms with Gasteiger partial charge in [0.2, 0.25) is 0 Å². The molecule has 0 radical (unpaired) electrons. The van der Waals surface area contributed by atoms with E-state index < -0.39 is 12.2 Å². The van der Waals surface area contributed by atoms with E-state index in [-0.39, 0.29) is 0 Å². The van der Waals surface area contributed by atoms with Gasteiger partial charge in [0.25, 0.3) is 0 Å². The fraction of sp³-hybridized carbons (Fsp3) is 0.833. The van der Waals surface area contributed by atoms with Crippen molar-refractivity contribution >= 4 is 23.6 Å². The number of unbranched alkanes of at least 4 members (excludes halogenated alkanes) is 24. The van der Waals surface area contributed by atoms with E-state index in [0.29, 0.717) is 24.6 Å². The number of hydrogen-bond donors (Lipinski definition) is 2. The van der Waals surface area contributed by atoms with Crippen LogP contribution in [0.25, 0.3) is 0 Å². The van der Waals surface area contributed by atoms with Gasteiger partial charge in [-0.05, 0) is 96.0 Å². The molecular formula is C48H90N4O4. The van der Waals surface area contributed by atoms with Crippen molar-refractivity contribution < 1.29 is 19.1 Å². The molecule has 0 saturated heterocycles. The van der Waals surface area contributed by atoms with Gasteiger partial charge in [-0.2, -0.15) is 0 Å². The van der Waals surface area contributed by atoms with Crippen LogP contribution in [0.1, 0.15) is 207 Å². The molecule has 0 fully saturated rings. The number of benzene rings is 1. The fourth-order valence-electron chi connectivity index (χ4n) is 7.40. The first kappa shape index (κ1) is 51.7.